The summed E-state index contributed by atoms with van der Waals surface area (Å²) in [6.45, 7) is 1.33. The maximum atomic E-state index is 9.00. The highest BCUT2D eigenvalue weighted by Gasteiger charge is 1.65. The van der Waals surface area contributed by atoms with Gasteiger partial charge in [-0.25, -0.2) is 0 Å². The first-order valence-electron chi connectivity index (χ1n) is 1.74. The van der Waals surface area contributed by atoms with E-state index in [-0.39, 0.29) is 6.67 Å². The van der Waals surface area contributed by atoms with Gasteiger partial charge < -0.3 is 16.6 Å². The maximum absolute atomic E-state index is 9.00. The number of aliphatic carboxylic acids is 1. The van der Waals surface area contributed by atoms with E-state index in [1.165, 1.54) is 0 Å². The molecule has 0 aromatic heterocycles. The molecule has 0 aliphatic carbocycles. The number of carboxylic acids is 1. The van der Waals surface area contributed by atoms with E-state index >= 15 is 0 Å². The topological polar surface area (TPSA) is 89.3 Å². The molecule has 0 saturated carbocycles. The van der Waals surface area contributed by atoms with Crippen LogP contribution in [0.1, 0.15) is 6.92 Å². The number of hydrogen-bond acceptors (Lipinski definition) is 3. The molecule has 0 radical (unpaired) electrons. The highest BCUT2D eigenvalue weighted by Crippen LogP contribution is 1.42. The molecule has 0 atom stereocenters. The molecule has 4 heteroatoms. The molecule has 0 rings (SSSR count). The Hall–Kier alpha value is -0.610. The smallest absolute Gasteiger partial charge is 0.300 e. The van der Waals surface area contributed by atoms with Gasteiger partial charge in [0.25, 0.3) is 5.97 Å². The molecule has 5 N–H and O–H groups in total. The monoisotopic (exact) mass is 106 g/mol. The maximum Gasteiger partial charge on any atom is 0.300 e. The molecule has 4 nitrogen and oxygen atoms in total. The van der Waals surface area contributed by atoms with Crippen LogP contribution in [-0.4, -0.2) is 17.7 Å². The average molecular weight is 106 g/mol. The van der Waals surface area contributed by atoms with Crippen molar-refractivity contribution in [1.29, 1.82) is 0 Å². The van der Waals surface area contributed by atoms with Gasteiger partial charge in [0, 0.05) is 13.6 Å². The minimum atomic E-state index is -0.833. The molecule has 0 unspecified atom stereocenters. The van der Waals surface area contributed by atoms with Crippen LogP contribution in [0.25, 0.3) is 0 Å². The van der Waals surface area contributed by atoms with Gasteiger partial charge in [0.05, 0.1) is 0 Å². The van der Waals surface area contributed by atoms with E-state index in [4.69, 9.17) is 9.90 Å². The summed E-state index contributed by atoms with van der Waals surface area (Å²) in [5.41, 5.74) is 9.25. The molecule has 0 fully saturated rings. The van der Waals surface area contributed by atoms with Crippen molar-refractivity contribution in [2.75, 3.05) is 6.67 Å². The van der Waals surface area contributed by atoms with Crippen molar-refractivity contribution >= 4 is 5.97 Å². The number of rotatable bonds is 0. The van der Waals surface area contributed by atoms with Crippen molar-refractivity contribution < 1.29 is 9.90 Å². The summed E-state index contributed by atoms with van der Waals surface area (Å²) in [7, 11) is 0. The van der Waals surface area contributed by atoms with Crippen molar-refractivity contribution in [3.05, 3.63) is 0 Å². The van der Waals surface area contributed by atoms with Crippen LogP contribution in [0.5, 0.6) is 0 Å². The molecular weight excluding hydrogens is 96.0 g/mol. The number of hydrogen-bond donors (Lipinski definition) is 3. The summed E-state index contributed by atoms with van der Waals surface area (Å²) >= 11 is 0. The third-order valence-electron chi connectivity index (χ3n) is 0. The van der Waals surface area contributed by atoms with E-state index < -0.39 is 5.97 Å². The Balaban J connectivity index is 0. The zero-order valence-electron chi connectivity index (χ0n) is 4.22. The summed E-state index contributed by atoms with van der Waals surface area (Å²) in [5, 5.41) is 7.42. The Morgan fingerprint density at radius 1 is 1.71 bits per heavy atom. The standard InChI is InChI=1S/C2H4O2.CH6N2/c1-2(3)4;2-1-3/h1H3,(H,3,4);1-3H2. The Bertz CT molecular complexity index is 42.2. The van der Waals surface area contributed by atoms with Gasteiger partial charge in [-0.15, -0.1) is 0 Å². The van der Waals surface area contributed by atoms with Crippen LogP contribution in [0.2, 0.25) is 0 Å². The molecule has 0 aromatic rings. The summed E-state index contributed by atoms with van der Waals surface area (Å²) in [6.07, 6.45) is 0. The van der Waals surface area contributed by atoms with Crippen LogP contribution in [-0.2, 0) is 4.79 Å². The van der Waals surface area contributed by atoms with E-state index in [0.717, 1.165) is 6.92 Å². The molecule has 0 aromatic carbocycles. The molecule has 0 saturated heterocycles. The fourth-order valence-electron chi connectivity index (χ4n) is 0. The van der Waals surface area contributed by atoms with Crippen LogP contribution in [0.15, 0.2) is 0 Å². The zero-order valence-corrected chi connectivity index (χ0v) is 4.22. The van der Waals surface area contributed by atoms with Gasteiger partial charge in [-0.3, -0.25) is 4.79 Å². The predicted octanol–water partition coefficient (Wildman–Crippen LogP) is -1.05. The fraction of sp³-hybridized carbons (Fsp3) is 0.667. The lowest BCUT2D eigenvalue weighted by Gasteiger charge is -1.59. The van der Waals surface area contributed by atoms with E-state index in [1.54, 1.807) is 0 Å². The molecule has 0 heterocycles. The van der Waals surface area contributed by atoms with Crippen molar-refractivity contribution in [2.45, 2.75) is 6.92 Å². The minimum Gasteiger partial charge on any atom is -0.481 e. The van der Waals surface area contributed by atoms with Gasteiger partial charge in [0.1, 0.15) is 0 Å². The van der Waals surface area contributed by atoms with Crippen molar-refractivity contribution in [2.24, 2.45) is 11.5 Å². The summed E-state index contributed by atoms with van der Waals surface area (Å²) < 4.78 is 0. The van der Waals surface area contributed by atoms with Gasteiger partial charge in [-0.1, -0.05) is 0 Å². The first-order chi connectivity index (χ1) is 3.15. The predicted molar refractivity (Wildman–Crippen MR) is 26.6 cm³/mol. The molecule has 7 heavy (non-hydrogen) atoms. The highest BCUT2D eigenvalue weighted by molar-refractivity contribution is 5.62. The van der Waals surface area contributed by atoms with E-state index in [9.17, 15) is 0 Å². The van der Waals surface area contributed by atoms with Gasteiger partial charge in [0.2, 0.25) is 0 Å². The third kappa shape index (κ3) is 166. The van der Waals surface area contributed by atoms with Gasteiger partial charge in [-0.05, 0) is 0 Å². The summed E-state index contributed by atoms with van der Waals surface area (Å²) in [6, 6.07) is 0. The first-order valence-corrected chi connectivity index (χ1v) is 1.74. The Morgan fingerprint density at radius 3 is 1.71 bits per heavy atom. The second kappa shape index (κ2) is 9.04. The molecule has 0 amide bonds. The van der Waals surface area contributed by atoms with Gasteiger partial charge in [-0.2, -0.15) is 0 Å². The quantitative estimate of drug-likeness (QED) is 0.344. The zero-order chi connectivity index (χ0) is 6.28. The van der Waals surface area contributed by atoms with Crippen LogP contribution >= 0.6 is 0 Å². The van der Waals surface area contributed by atoms with Crippen LogP contribution < -0.4 is 11.5 Å². The lowest BCUT2D eigenvalue weighted by Crippen LogP contribution is -2.08. The Labute approximate surface area is 42.1 Å². The Morgan fingerprint density at radius 2 is 1.71 bits per heavy atom. The average Bonchev–Trinajstić information content (AvgIpc) is 1.33. The summed E-state index contributed by atoms with van der Waals surface area (Å²) in [5.74, 6) is -0.833. The van der Waals surface area contributed by atoms with Crippen LogP contribution in [0.4, 0.5) is 0 Å². The van der Waals surface area contributed by atoms with Crippen LogP contribution in [0, 0.1) is 0 Å². The van der Waals surface area contributed by atoms with Gasteiger partial charge in [0.15, 0.2) is 0 Å². The molecular formula is C3H10N2O2. The SMILES string of the molecule is CC(=O)O.NCN. The first kappa shape index (κ1) is 9.63. The van der Waals surface area contributed by atoms with Crippen molar-refractivity contribution in [3.8, 4) is 0 Å². The van der Waals surface area contributed by atoms with Crippen LogP contribution in [0.3, 0.4) is 0 Å². The normalized spacial score (nSPS) is 6.14. The number of carboxylic acid groups (broad SMARTS) is 1. The highest BCUT2D eigenvalue weighted by atomic mass is 16.4. The molecule has 0 aliphatic rings. The van der Waals surface area contributed by atoms with E-state index in [2.05, 4.69) is 11.5 Å². The van der Waals surface area contributed by atoms with E-state index in [1.807, 2.05) is 0 Å². The molecule has 0 bridgehead atoms. The second-order valence-corrected chi connectivity index (χ2v) is 0.755. The van der Waals surface area contributed by atoms with E-state index in [0.29, 0.717) is 0 Å². The van der Waals surface area contributed by atoms with Gasteiger partial charge >= 0.3 is 0 Å². The number of nitrogens with two attached hydrogens (primary N) is 2. The lowest BCUT2D eigenvalue weighted by molar-refractivity contribution is -0.134. The molecule has 0 spiro atoms. The third-order valence-corrected chi connectivity index (χ3v) is 0. The Kier molecular flexibility index (Phi) is 12.4. The van der Waals surface area contributed by atoms with Crippen molar-refractivity contribution in [1.82, 2.24) is 0 Å². The molecule has 44 valence electrons. The van der Waals surface area contributed by atoms with Crippen molar-refractivity contribution in [3.63, 3.8) is 0 Å². The molecule has 0 aliphatic heterocycles. The number of carbonyl (C=O) groups is 1. The fourth-order valence-corrected chi connectivity index (χ4v) is 0. The second-order valence-electron chi connectivity index (χ2n) is 0.755. The largest absolute Gasteiger partial charge is 0.481 e. The lowest BCUT2D eigenvalue weighted by atomic mass is 10.9. The minimum absolute atomic E-state index is 0.250. The summed E-state index contributed by atoms with van der Waals surface area (Å²) in [4.78, 5) is 9.00.